The summed E-state index contributed by atoms with van der Waals surface area (Å²) in [6.45, 7) is 3.86. The number of carbonyl (C=O) groups is 1. The van der Waals surface area contributed by atoms with Gasteiger partial charge in [0.1, 0.15) is 18.9 Å². The highest BCUT2D eigenvalue weighted by molar-refractivity contribution is 5.81. The molecule has 2 atom stereocenters. The molecule has 4 heterocycles. The largest absolute Gasteiger partial charge is 0.454 e. The Balaban J connectivity index is 1.33. The molecular weight excluding hydrogens is 412 g/mol. The lowest BCUT2D eigenvalue weighted by atomic mass is 9.83. The second-order valence-corrected chi connectivity index (χ2v) is 9.35. The molecule has 2 aromatic carbocycles. The summed E-state index contributed by atoms with van der Waals surface area (Å²) in [6.07, 6.45) is 2.06. The van der Waals surface area contributed by atoms with E-state index in [1.807, 2.05) is 78.9 Å². The van der Waals surface area contributed by atoms with Crippen LogP contribution in [0.15, 0.2) is 78.9 Å². The van der Waals surface area contributed by atoms with E-state index in [0.29, 0.717) is 11.7 Å². The summed E-state index contributed by atoms with van der Waals surface area (Å²) in [7, 11) is 0. The van der Waals surface area contributed by atoms with Gasteiger partial charge in [0, 0.05) is 24.4 Å². The number of para-hydroxylation sites is 1. The SMILES string of the molecule is Nc1cccc(C[N+]23CCC(CC2)[C@@H](OC(=O)[C@H](Nc2ccccc2)c2ccccc2)C3)n1. The number of ether oxygens (including phenoxy) is 1. The van der Waals surface area contributed by atoms with Crippen LogP contribution in [0.4, 0.5) is 11.5 Å². The van der Waals surface area contributed by atoms with Gasteiger partial charge in [0.05, 0.1) is 18.8 Å². The molecule has 33 heavy (non-hydrogen) atoms. The number of carbonyl (C=O) groups excluding carboxylic acids is 1. The van der Waals surface area contributed by atoms with Gasteiger partial charge in [-0.2, -0.15) is 0 Å². The Kier molecular flexibility index (Phi) is 6.01. The normalized spacial score (nSPS) is 24.7. The fourth-order valence-electron chi connectivity index (χ4n) is 5.35. The molecule has 0 spiro atoms. The highest BCUT2D eigenvalue weighted by Gasteiger charge is 2.48. The first-order valence-electron chi connectivity index (χ1n) is 11.7. The molecule has 1 aromatic heterocycles. The van der Waals surface area contributed by atoms with Crippen LogP contribution in [0.5, 0.6) is 0 Å². The lowest BCUT2D eigenvalue weighted by Gasteiger charge is -2.52. The van der Waals surface area contributed by atoms with Crippen molar-refractivity contribution in [1.82, 2.24) is 4.98 Å². The van der Waals surface area contributed by atoms with E-state index in [9.17, 15) is 4.79 Å². The van der Waals surface area contributed by atoms with Gasteiger partial charge in [-0.1, -0.05) is 54.6 Å². The number of hydrogen-bond donors (Lipinski definition) is 2. The number of aromatic nitrogens is 1. The Morgan fingerprint density at radius 2 is 1.70 bits per heavy atom. The Labute approximate surface area is 195 Å². The molecule has 6 nitrogen and oxygen atoms in total. The van der Waals surface area contributed by atoms with Crippen LogP contribution in [-0.4, -0.2) is 41.2 Å². The van der Waals surface area contributed by atoms with Gasteiger partial charge in [-0.15, -0.1) is 0 Å². The average molecular weight is 444 g/mol. The quantitative estimate of drug-likeness (QED) is 0.423. The van der Waals surface area contributed by atoms with Gasteiger partial charge in [0.25, 0.3) is 0 Å². The molecule has 0 unspecified atom stereocenters. The van der Waals surface area contributed by atoms with E-state index in [1.54, 1.807) is 0 Å². The molecule has 3 saturated heterocycles. The zero-order chi connectivity index (χ0) is 22.7. The first-order valence-corrected chi connectivity index (χ1v) is 11.7. The second-order valence-electron chi connectivity index (χ2n) is 9.35. The highest BCUT2D eigenvalue weighted by atomic mass is 16.5. The Hall–Kier alpha value is -3.38. The lowest BCUT2D eigenvalue weighted by molar-refractivity contribution is -0.958. The maximum Gasteiger partial charge on any atom is 0.333 e. The van der Waals surface area contributed by atoms with Crippen molar-refractivity contribution < 1.29 is 14.0 Å². The van der Waals surface area contributed by atoms with Gasteiger partial charge < -0.3 is 20.3 Å². The molecule has 3 N–H and O–H groups in total. The van der Waals surface area contributed by atoms with Crippen LogP contribution in [0.1, 0.15) is 30.1 Å². The predicted octanol–water partition coefficient (Wildman–Crippen LogP) is 4.17. The number of piperidine rings is 3. The molecule has 6 heteroatoms. The van der Waals surface area contributed by atoms with E-state index in [2.05, 4.69) is 10.3 Å². The number of esters is 1. The Morgan fingerprint density at radius 1 is 1.00 bits per heavy atom. The van der Waals surface area contributed by atoms with Crippen LogP contribution in [0.25, 0.3) is 0 Å². The minimum Gasteiger partial charge on any atom is -0.454 e. The molecule has 0 aliphatic carbocycles. The third-order valence-electron chi connectivity index (χ3n) is 7.09. The van der Waals surface area contributed by atoms with Crippen LogP contribution in [0, 0.1) is 5.92 Å². The Morgan fingerprint density at radius 3 is 2.39 bits per heavy atom. The smallest absolute Gasteiger partial charge is 0.333 e. The molecule has 0 radical (unpaired) electrons. The summed E-state index contributed by atoms with van der Waals surface area (Å²) >= 11 is 0. The molecule has 6 rings (SSSR count). The molecule has 3 fully saturated rings. The second kappa shape index (κ2) is 9.24. The lowest BCUT2D eigenvalue weighted by Crippen LogP contribution is -2.64. The fourth-order valence-corrected chi connectivity index (χ4v) is 5.35. The number of fused-ring (bicyclic) bond motifs is 3. The van der Waals surface area contributed by atoms with Crippen molar-refractivity contribution in [1.29, 1.82) is 0 Å². The van der Waals surface area contributed by atoms with E-state index < -0.39 is 6.04 Å². The van der Waals surface area contributed by atoms with Gasteiger partial charge in [-0.3, -0.25) is 0 Å². The van der Waals surface area contributed by atoms with E-state index >= 15 is 0 Å². The zero-order valence-corrected chi connectivity index (χ0v) is 18.8. The van der Waals surface area contributed by atoms with Crippen molar-refractivity contribution in [2.75, 3.05) is 30.7 Å². The summed E-state index contributed by atoms with van der Waals surface area (Å²) in [5.74, 6) is 0.762. The number of rotatable bonds is 7. The first kappa shape index (κ1) is 21.5. The molecule has 0 saturated carbocycles. The molecule has 2 bridgehead atoms. The summed E-state index contributed by atoms with van der Waals surface area (Å²) in [6, 6.07) is 24.9. The van der Waals surface area contributed by atoms with Crippen molar-refractivity contribution in [3.8, 4) is 0 Å². The summed E-state index contributed by atoms with van der Waals surface area (Å²) in [5, 5.41) is 3.38. The monoisotopic (exact) mass is 443 g/mol. The molecule has 0 amide bonds. The molecule has 3 aliphatic heterocycles. The number of quaternary nitrogens is 1. The number of nitrogens with one attached hydrogen (secondary N) is 1. The third-order valence-corrected chi connectivity index (χ3v) is 7.09. The highest BCUT2D eigenvalue weighted by Crippen LogP contribution is 2.37. The van der Waals surface area contributed by atoms with Gasteiger partial charge >= 0.3 is 5.97 Å². The molecular formula is C27H31N4O2+. The van der Waals surface area contributed by atoms with Crippen LogP contribution >= 0.6 is 0 Å². The fraction of sp³-hybridized carbons (Fsp3) is 0.333. The zero-order valence-electron chi connectivity index (χ0n) is 18.8. The van der Waals surface area contributed by atoms with Gasteiger partial charge in [0.2, 0.25) is 0 Å². The number of hydrogen-bond acceptors (Lipinski definition) is 5. The van der Waals surface area contributed by atoms with Gasteiger partial charge in [-0.25, -0.2) is 9.78 Å². The van der Waals surface area contributed by atoms with Gasteiger partial charge in [0.15, 0.2) is 12.1 Å². The van der Waals surface area contributed by atoms with Crippen LogP contribution in [0.3, 0.4) is 0 Å². The predicted molar refractivity (Wildman–Crippen MR) is 129 cm³/mol. The Bertz CT molecular complexity index is 1080. The van der Waals surface area contributed by atoms with E-state index in [0.717, 1.165) is 60.4 Å². The molecule has 170 valence electrons. The topological polar surface area (TPSA) is 77.2 Å². The number of nitrogens with zero attached hydrogens (tertiary/aromatic N) is 2. The van der Waals surface area contributed by atoms with E-state index in [1.165, 1.54) is 0 Å². The number of benzene rings is 2. The summed E-state index contributed by atoms with van der Waals surface area (Å²) in [4.78, 5) is 18.0. The number of nitrogen functional groups attached to an aromatic ring is 1. The maximum absolute atomic E-state index is 13.5. The van der Waals surface area contributed by atoms with Gasteiger partial charge in [-0.05, 0) is 29.8 Å². The molecule has 3 aliphatic rings. The average Bonchev–Trinajstić information content (AvgIpc) is 2.84. The van der Waals surface area contributed by atoms with Crippen molar-refractivity contribution >= 4 is 17.5 Å². The van der Waals surface area contributed by atoms with Crippen LogP contribution in [0.2, 0.25) is 0 Å². The standard InChI is InChI=1S/C27H31N4O2/c28-25-13-7-12-23(29-25)18-31-16-14-20(15-17-31)24(19-31)33-27(32)26(21-8-3-1-4-9-21)30-22-10-5-2-6-11-22/h1-13,20,24,26,30H,14-19H2,(H2,28,29)/q+1/t20?,24-,26+,31?/m0/s1. The van der Waals surface area contributed by atoms with E-state index in [4.69, 9.17) is 10.5 Å². The number of nitrogens with two attached hydrogens (primary N) is 1. The van der Waals surface area contributed by atoms with Crippen molar-refractivity contribution in [2.24, 2.45) is 5.92 Å². The van der Waals surface area contributed by atoms with Crippen molar-refractivity contribution in [3.63, 3.8) is 0 Å². The van der Waals surface area contributed by atoms with Crippen LogP contribution < -0.4 is 11.1 Å². The minimum atomic E-state index is -0.548. The number of anilines is 2. The van der Waals surface area contributed by atoms with Crippen molar-refractivity contribution in [3.05, 3.63) is 90.1 Å². The molecule has 3 aromatic rings. The van der Waals surface area contributed by atoms with Crippen molar-refractivity contribution in [2.45, 2.75) is 31.5 Å². The summed E-state index contributed by atoms with van der Waals surface area (Å²) < 4.78 is 7.15. The summed E-state index contributed by atoms with van der Waals surface area (Å²) in [5.41, 5.74) is 8.72. The maximum atomic E-state index is 13.5. The van der Waals surface area contributed by atoms with Crippen LogP contribution in [-0.2, 0) is 16.1 Å². The first-order chi connectivity index (χ1) is 16.1. The minimum absolute atomic E-state index is 0.0788. The number of pyridine rings is 1. The van der Waals surface area contributed by atoms with E-state index in [-0.39, 0.29) is 12.1 Å². The third kappa shape index (κ3) is 4.86.